The summed E-state index contributed by atoms with van der Waals surface area (Å²) in [6.07, 6.45) is 0. The number of carboxylic acid groups (broad SMARTS) is 1. The third-order valence-corrected chi connectivity index (χ3v) is 11.6. The van der Waals surface area contributed by atoms with Crippen molar-refractivity contribution in [1.82, 2.24) is 0 Å². The van der Waals surface area contributed by atoms with Gasteiger partial charge in [-0.2, -0.15) is 0 Å². The third kappa shape index (κ3) is 5.95. The second kappa shape index (κ2) is 12.2. The molecule has 4 aromatic heterocycles. The number of nitrogens with zero attached hydrogens (tertiary/aromatic N) is 2. The minimum absolute atomic E-state index is 0. The van der Waals surface area contributed by atoms with Crippen LogP contribution in [0.3, 0.4) is 0 Å². The predicted octanol–water partition coefficient (Wildman–Crippen LogP) is 10.2. The maximum atomic E-state index is 10.9. The molecule has 0 aliphatic carbocycles. The summed E-state index contributed by atoms with van der Waals surface area (Å²) in [5.41, 5.74) is 13.5. The van der Waals surface area contributed by atoms with Crippen LogP contribution >= 0.6 is 45.3 Å². The first-order chi connectivity index (χ1) is 21.0. The van der Waals surface area contributed by atoms with E-state index in [9.17, 15) is 20.2 Å². The highest BCUT2D eigenvalue weighted by Crippen LogP contribution is 2.46. The molecule has 0 aliphatic rings. The number of rotatable bonds is 2. The van der Waals surface area contributed by atoms with Gasteiger partial charge in [-0.05, 0) is 36.4 Å². The Morgan fingerprint density at radius 2 is 0.867 bits per heavy atom. The molecule has 4 heterocycles. The van der Waals surface area contributed by atoms with Gasteiger partial charge in [0.15, 0.2) is 0 Å². The van der Waals surface area contributed by atoms with Crippen LogP contribution in [0.15, 0.2) is 72.8 Å². The molecule has 0 unspecified atom stereocenters. The predicted molar refractivity (Wildman–Crippen MR) is 192 cm³/mol. The molecular formula is C31H24N4O6S4. The molecule has 0 atom stereocenters. The number of nitro groups is 2. The number of carboxylic acids is 1. The van der Waals surface area contributed by atoms with Gasteiger partial charge in [0.25, 0.3) is 17.3 Å². The Morgan fingerprint density at radius 1 is 0.600 bits per heavy atom. The number of thiophene rings is 4. The topological polar surface area (TPSA) is 176 Å². The standard InChI is InChI=1S/C14H6N2O4S2.C14H10N2S2.C2H4O2.CH4/c17-15(18)7-1-3-9-11(5-7)21-14-10-4-2-8(16(19)20)6-12(10)22-13(9)14;15-7-1-3-9-11(5-7)17-14-10-4-2-8(16)6-12(10)18-13(9)14;1-2(3)4;/h1-6H;1-6H,15-16H2;1H3,(H,3,4);1H4. The molecule has 5 N–H and O–H groups in total. The number of carbonyl (C=O) groups is 1. The number of non-ortho nitro benzene ring substituents is 2. The van der Waals surface area contributed by atoms with Gasteiger partial charge >= 0.3 is 0 Å². The molecule has 4 aromatic carbocycles. The van der Waals surface area contributed by atoms with Crippen LogP contribution in [0.1, 0.15) is 14.4 Å². The minimum Gasteiger partial charge on any atom is -0.481 e. The number of hydrogen-bond acceptors (Lipinski definition) is 11. The average molecular weight is 677 g/mol. The van der Waals surface area contributed by atoms with Crippen molar-refractivity contribution in [2.24, 2.45) is 0 Å². The number of nitrogen functional groups attached to an aromatic ring is 2. The number of hydrogen-bond donors (Lipinski definition) is 3. The maximum absolute atomic E-state index is 10.9. The van der Waals surface area contributed by atoms with E-state index >= 15 is 0 Å². The molecule has 8 aromatic rings. The van der Waals surface area contributed by atoms with Gasteiger partial charge in [0.05, 0.1) is 28.6 Å². The molecule has 14 heteroatoms. The Morgan fingerprint density at radius 3 is 1.16 bits per heavy atom. The summed E-state index contributed by atoms with van der Waals surface area (Å²) in [7, 11) is 0. The summed E-state index contributed by atoms with van der Waals surface area (Å²) in [4.78, 5) is 29.9. The summed E-state index contributed by atoms with van der Waals surface area (Å²) in [6, 6.07) is 21.9. The van der Waals surface area contributed by atoms with Gasteiger partial charge in [0.2, 0.25) is 0 Å². The van der Waals surface area contributed by atoms with Gasteiger partial charge in [-0.3, -0.25) is 25.0 Å². The number of nitrogens with two attached hydrogens (primary N) is 2. The zero-order valence-electron chi connectivity index (χ0n) is 22.6. The van der Waals surface area contributed by atoms with Gasteiger partial charge in [0.1, 0.15) is 0 Å². The van der Waals surface area contributed by atoms with Crippen LogP contribution in [0.5, 0.6) is 0 Å². The van der Waals surface area contributed by atoms with Crippen molar-refractivity contribution in [1.29, 1.82) is 0 Å². The molecule has 0 amide bonds. The van der Waals surface area contributed by atoms with Gasteiger partial charge in [-0.1, -0.05) is 19.6 Å². The lowest BCUT2D eigenvalue weighted by Crippen LogP contribution is -1.85. The lowest BCUT2D eigenvalue weighted by Gasteiger charge is -1.93. The Labute approximate surface area is 270 Å². The second-order valence-corrected chi connectivity index (χ2v) is 13.8. The van der Waals surface area contributed by atoms with Gasteiger partial charge in [0, 0.05) is 82.9 Å². The van der Waals surface area contributed by atoms with Crippen LogP contribution in [-0.2, 0) is 4.79 Å². The van der Waals surface area contributed by atoms with Crippen LogP contribution in [0.25, 0.3) is 59.1 Å². The van der Waals surface area contributed by atoms with Crippen molar-refractivity contribution in [3.05, 3.63) is 93.0 Å². The van der Waals surface area contributed by atoms with Crippen LogP contribution in [0, 0.1) is 20.2 Å². The van der Waals surface area contributed by atoms with Crippen molar-refractivity contribution in [2.75, 3.05) is 11.5 Å². The van der Waals surface area contributed by atoms with Crippen LogP contribution in [0.2, 0.25) is 0 Å². The summed E-state index contributed by atoms with van der Waals surface area (Å²) in [5.74, 6) is -0.833. The van der Waals surface area contributed by atoms with Gasteiger partial charge in [-0.25, -0.2) is 0 Å². The Bertz CT molecular complexity index is 2270. The summed E-state index contributed by atoms with van der Waals surface area (Å²) in [5, 5.41) is 33.6. The first-order valence-corrected chi connectivity index (χ1v) is 16.0. The molecule has 0 bridgehead atoms. The van der Waals surface area contributed by atoms with Gasteiger partial charge in [-0.15, -0.1) is 45.3 Å². The Balaban J connectivity index is 0.000000158. The van der Waals surface area contributed by atoms with Crippen molar-refractivity contribution in [2.45, 2.75) is 14.4 Å². The second-order valence-electron chi connectivity index (χ2n) is 9.63. The molecule has 0 saturated heterocycles. The fourth-order valence-corrected chi connectivity index (χ4v) is 10.2. The van der Waals surface area contributed by atoms with Crippen molar-refractivity contribution in [3.8, 4) is 0 Å². The third-order valence-electron chi connectivity index (χ3n) is 6.60. The van der Waals surface area contributed by atoms with Crippen molar-refractivity contribution < 1.29 is 19.7 Å². The molecule has 10 nitrogen and oxygen atoms in total. The zero-order valence-corrected chi connectivity index (χ0v) is 25.9. The Kier molecular flexibility index (Phi) is 8.58. The fourth-order valence-electron chi connectivity index (χ4n) is 4.75. The van der Waals surface area contributed by atoms with E-state index in [0.717, 1.165) is 47.9 Å². The van der Waals surface area contributed by atoms with E-state index in [-0.39, 0.29) is 18.8 Å². The van der Waals surface area contributed by atoms with Crippen LogP contribution in [0.4, 0.5) is 22.7 Å². The van der Waals surface area contributed by atoms with E-state index in [1.54, 1.807) is 24.3 Å². The number of benzene rings is 4. The zero-order chi connectivity index (χ0) is 31.3. The lowest BCUT2D eigenvalue weighted by molar-refractivity contribution is -0.384. The molecule has 0 radical (unpaired) electrons. The SMILES string of the molecule is C.CC(=O)O.Nc1ccc2c(c1)sc1c3ccc(N)cc3sc21.O=[N+]([O-])c1ccc2c(c1)sc1c3ccc([N+](=O)[O-])cc3sc21. The number of nitro benzene ring substituents is 2. The maximum Gasteiger partial charge on any atom is 0.300 e. The van der Waals surface area contributed by atoms with E-state index in [1.165, 1.54) is 64.4 Å². The first-order valence-electron chi connectivity index (χ1n) is 12.8. The number of fused-ring (bicyclic) bond motifs is 10. The van der Waals surface area contributed by atoms with Crippen molar-refractivity contribution in [3.63, 3.8) is 0 Å². The lowest BCUT2D eigenvalue weighted by atomic mass is 10.2. The molecule has 0 fully saturated rings. The highest BCUT2D eigenvalue weighted by atomic mass is 32.1. The average Bonchev–Trinajstić information content (AvgIpc) is 3.69. The highest BCUT2D eigenvalue weighted by Gasteiger charge is 2.17. The van der Waals surface area contributed by atoms with Crippen molar-refractivity contribution >= 4 is 133 Å². The molecule has 8 rings (SSSR count). The minimum atomic E-state index is -0.833. The van der Waals surface area contributed by atoms with E-state index < -0.39 is 15.8 Å². The van der Waals surface area contributed by atoms with E-state index in [0.29, 0.717) is 0 Å². The quantitative estimate of drug-likeness (QED) is 0.0920. The van der Waals surface area contributed by atoms with Crippen LogP contribution < -0.4 is 11.5 Å². The summed E-state index contributed by atoms with van der Waals surface area (Å²) in [6.45, 7) is 1.08. The van der Waals surface area contributed by atoms with E-state index in [1.807, 2.05) is 34.8 Å². The molecule has 0 aliphatic heterocycles. The van der Waals surface area contributed by atoms with Gasteiger partial charge < -0.3 is 16.6 Å². The number of anilines is 2. The van der Waals surface area contributed by atoms with Crippen LogP contribution in [-0.4, -0.2) is 20.9 Å². The number of aliphatic carboxylic acids is 1. The highest BCUT2D eigenvalue weighted by molar-refractivity contribution is 7.37. The molecule has 0 saturated carbocycles. The summed E-state index contributed by atoms with van der Waals surface area (Å²) < 4.78 is 8.96. The summed E-state index contributed by atoms with van der Waals surface area (Å²) >= 11 is 6.57. The smallest absolute Gasteiger partial charge is 0.300 e. The molecule has 0 spiro atoms. The monoisotopic (exact) mass is 676 g/mol. The fraction of sp³-hybridized carbons (Fsp3) is 0.0645. The molecule has 45 heavy (non-hydrogen) atoms. The largest absolute Gasteiger partial charge is 0.481 e. The molecule has 228 valence electrons. The molecular weight excluding hydrogens is 653 g/mol. The normalized spacial score (nSPS) is 10.9. The van der Waals surface area contributed by atoms with E-state index in [2.05, 4.69) is 24.3 Å². The Hall–Kier alpha value is -4.89. The van der Waals surface area contributed by atoms with E-state index in [4.69, 9.17) is 21.4 Å². The first kappa shape index (κ1) is 31.5.